The van der Waals surface area contributed by atoms with Crippen LogP contribution in [-0.4, -0.2) is 11.4 Å². The lowest BCUT2D eigenvalue weighted by Gasteiger charge is -2.31. The highest BCUT2D eigenvalue weighted by molar-refractivity contribution is 5.95. The Morgan fingerprint density at radius 1 is 0.808 bits per heavy atom. The smallest absolute Gasteiger partial charge is 0.217 e. The Morgan fingerprint density at radius 2 is 1.38 bits per heavy atom. The van der Waals surface area contributed by atoms with Crippen molar-refractivity contribution < 1.29 is 4.74 Å². The molecule has 0 aliphatic carbocycles. The SMILES string of the molecule is CC[C@@]1(Cc2ccccc2)N=C(c2ccccc2)O[C@H]1c1ccccc1. The maximum absolute atomic E-state index is 6.46. The average molecular weight is 341 g/mol. The summed E-state index contributed by atoms with van der Waals surface area (Å²) < 4.78 is 6.46. The molecule has 0 fully saturated rings. The third-order valence-electron chi connectivity index (χ3n) is 5.13. The van der Waals surface area contributed by atoms with Gasteiger partial charge >= 0.3 is 0 Å². The second-order valence-electron chi connectivity index (χ2n) is 6.81. The highest BCUT2D eigenvalue weighted by atomic mass is 16.5. The fourth-order valence-corrected chi connectivity index (χ4v) is 3.70. The van der Waals surface area contributed by atoms with Crippen LogP contribution in [0.1, 0.15) is 36.1 Å². The van der Waals surface area contributed by atoms with Gasteiger partial charge in [-0.1, -0.05) is 85.8 Å². The van der Waals surface area contributed by atoms with Gasteiger partial charge in [0.1, 0.15) is 5.54 Å². The molecule has 1 aliphatic rings. The van der Waals surface area contributed by atoms with E-state index in [4.69, 9.17) is 9.73 Å². The average Bonchev–Trinajstić information content (AvgIpc) is 3.10. The lowest BCUT2D eigenvalue weighted by Crippen LogP contribution is -2.33. The van der Waals surface area contributed by atoms with E-state index in [2.05, 4.69) is 73.7 Å². The van der Waals surface area contributed by atoms with Gasteiger partial charge in [0.25, 0.3) is 0 Å². The van der Waals surface area contributed by atoms with E-state index in [-0.39, 0.29) is 11.6 Å². The number of nitrogens with zero attached hydrogens (tertiary/aromatic N) is 1. The first-order valence-electron chi connectivity index (χ1n) is 9.21. The van der Waals surface area contributed by atoms with Gasteiger partial charge in [-0.2, -0.15) is 0 Å². The Labute approximate surface area is 155 Å². The minimum atomic E-state index is -0.298. The molecule has 1 aliphatic heterocycles. The lowest BCUT2D eigenvalue weighted by atomic mass is 9.81. The summed E-state index contributed by atoms with van der Waals surface area (Å²) in [5.74, 6) is 0.747. The molecule has 2 nitrogen and oxygen atoms in total. The summed E-state index contributed by atoms with van der Waals surface area (Å²) in [6, 6.07) is 31.3. The monoisotopic (exact) mass is 341 g/mol. The number of hydrogen-bond acceptors (Lipinski definition) is 2. The minimum absolute atomic E-state index is 0.0795. The highest BCUT2D eigenvalue weighted by Gasteiger charge is 2.45. The molecule has 0 N–H and O–H groups in total. The number of rotatable bonds is 5. The number of hydrogen-bond donors (Lipinski definition) is 0. The van der Waals surface area contributed by atoms with Gasteiger partial charge in [-0.15, -0.1) is 0 Å². The second-order valence-corrected chi connectivity index (χ2v) is 6.81. The summed E-state index contributed by atoms with van der Waals surface area (Å²) in [4.78, 5) is 5.16. The summed E-state index contributed by atoms with van der Waals surface area (Å²) in [5.41, 5.74) is 3.21. The number of aliphatic imine (C=N–C) groups is 1. The molecule has 130 valence electrons. The van der Waals surface area contributed by atoms with E-state index in [1.807, 2.05) is 24.3 Å². The highest BCUT2D eigenvalue weighted by Crippen LogP contribution is 2.43. The third kappa shape index (κ3) is 3.15. The standard InChI is InChI=1S/C24H23NO/c1-2-24(18-19-12-6-3-7-13-19)22(20-14-8-4-9-15-20)26-23(25-24)21-16-10-5-11-17-21/h3-17,22H,2,18H2,1H3/t22-,24-/m0/s1. The van der Waals surface area contributed by atoms with E-state index in [0.29, 0.717) is 0 Å². The predicted molar refractivity (Wildman–Crippen MR) is 106 cm³/mol. The fraction of sp³-hybridized carbons (Fsp3) is 0.208. The normalized spacial score (nSPS) is 21.9. The molecule has 0 saturated carbocycles. The van der Waals surface area contributed by atoms with Crippen LogP contribution in [0.4, 0.5) is 0 Å². The zero-order valence-corrected chi connectivity index (χ0v) is 15.0. The van der Waals surface area contributed by atoms with Crippen LogP contribution in [0, 0.1) is 0 Å². The van der Waals surface area contributed by atoms with Gasteiger partial charge in [0.2, 0.25) is 5.90 Å². The zero-order valence-electron chi connectivity index (χ0n) is 15.0. The van der Waals surface area contributed by atoms with Crippen molar-refractivity contribution in [1.29, 1.82) is 0 Å². The van der Waals surface area contributed by atoms with Crippen molar-refractivity contribution in [3.8, 4) is 0 Å². The van der Waals surface area contributed by atoms with Crippen molar-refractivity contribution in [2.45, 2.75) is 31.4 Å². The molecule has 0 amide bonds. The molecule has 0 unspecified atom stereocenters. The van der Waals surface area contributed by atoms with Crippen LogP contribution in [0.5, 0.6) is 0 Å². The van der Waals surface area contributed by atoms with Crippen LogP contribution < -0.4 is 0 Å². The minimum Gasteiger partial charge on any atom is -0.467 e. The van der Waals surface area contributed by atoms with Crippen molar-refractivity contribution in [1.82, 2.24) is 0 Å². The summed E-state index contributed by atoms with van der Waals surface area (Å²) in [6.07, 6.45) is 1.70. The van der Waals surface area contributed by atoms with Gasteiger partial charge in [0.15, 0.2) is 6.10 Å². The Morgan fingerprint density at radius 3 is 2.00 bits per heavy atom. The molecule has 4 rings (SSSR count). The lowest BCUT2D eigenvalue weighted by molar-refractivity contribution is 0.133. The van der Waals surface area contributed by atoms with Gasteiger partial charge in [0, 0.05) is 12.0 Å². The molecule has 2 atom stereocenters. The quantitative estimate of drug-likeness (QED) is 0.592. The Hall–Kier alpha value is -2.87. The largest absolute Gasteiger partial charge is 0.467 e. The van der Waals surface area contributed by atoms with Crippen LogP contribution in [0.25, 0.3) is 0 Å². The molecule has 0 bridgehead atoms. The van der Waals surface area contributed by atoms with Crippen LogP contribution >= 0.6 is 0 Å². The van der Waals surface area contributed by atoms with Gasteiger partial charge in [-0.05, 0) is 29.7 Å². The van der Waals surface area contributed by atoms with Crippen molar-refractivity contribution in [2.75, 3.05) is 0 Å². The first-order valence-corrected chi connectivity index (χ1v) is 9.21. The Balaban J connectivity index is 1.78. The molecule has 2 heteroatoms. The van der Waals surface area contributed by atoms with E-state index in [1.54, 1.807) is 0 Å². The zero-order chi connectivity index (χ0) is 17.8. The summed E-state index contributed by atoms with van der Waals surface area (Å²) >= 11 is 0. The van der Waals surface area contributed by atoms with Gasteiger partial charge < -0.3 is 4.74 Å². The van der Waals surface area contributed by atoms with Crippen molar-refractivity contribution in [3.05, 3.63) is 108 Å². The molecule has 0 radical (unpaired) electrons. The summed E-state index contributed by atoms with van der Waals surface area (Å²) in [6.45, 7) is 2.21. The van der Waals surface area contributed by atoms with Crippen molar-refractivity contribution in [2.24, 2.45) is 4.99 Å². The summed E-state index contributed by atoms with van der Waals surface area (Å²) in [7, 11) is 0. The number of benzene rings is 3. The van der Waals surface area contributed by atoms with E-state index in [0.717, 1.165) is 24.3 Å². The maximum atomic E-state index is 6.46. The first-order chi connectivity index (χ1) is 12.8. The molecule has 0 aromatic heterocycles. The Kier molecular flexibility index (Phi) is 4.57. The number of ether oxygens (including phenoxy) is 1. The Bertz CT molecular complexity index is 874. The molecule has 26 heavy (non-hydrogen) atoms. The molecule has 1 heterocycles. The first kappa shape index (κ1) is 16.6. The second kappa shape index (κ2) is 7.17. The topological polar surface area (TPSA) is 21.6 Å². The molecular weight excluding hydrogens is 318 g/mol. The maximum Gasteiger partial charge on any atom is 0.217 e. The van der Waals surface area contributed by atoms with E-state index < -0.39 is 0 Å². The molecule has 0 spiro atoms. The van der Waals surface area contributed by atoms with Crippen LogP contribution in [0.3, 0.4) is 0 Å². The van der Waals surface area contributed by atoms with Gasteiger partial charge in [-0.3, -0.25) is 0 Å². The van der Waals surface area contributed by atoms with Gasteiger partial charge in [0.05, 0.1) is 0 Å². The van der Waals surface area contributed by atoms with Gasteiger partial charge in [-0.25, -0.2) is 4.99 Å². The molecule has 3 aromatic rings. The summed E-state index contributed by atoms with van der Waals surface area (Å²) in [5, 5.41) is 0. The molecule has 3 aromatic carbocycles. The van der Waals surface area contributed by atoms with Crippen LogP contribution in [0.15, 0.2) is 96.0 Å². The fourth-order valence-electron chi connectivity index (χ4n) is 3.70. The van der Waals surface area contributed by atoms with Crippen LogP contribution in [-0.2, 0) is 11.2 Å². The van der Waals surface area contributed by atoms with E-state index in [1.165, 1.54) is 11.1 Å². The van der Waals surface area contributed by atoms with Crippen molar-refractivity contribution >= 4 is 5.90 Å². The van der Waals surface area contributed by atoms with E-state index in [9.17, 15) is 0 Å². The predicted octanol–water partition coefficient (Wildman–Crippen LogP) is 5.60. The molecular formula is C24H23NO. The van der Waals surface area contributed by atoms with Crippen molar-refractivity contribution in [3.63, 3.8) is 0 Å². The molecule has 0 saturated heterocycles. The van der Waals surface area contributed by atoms with E-state index >= 15 is 0 Å². The third-order valence-corrected chi connectivity index (χ3v) is 5.13. The van der Waals surface area contributed by atoms with Crippen LogP contribution in [0.2, 0.25) is 0 Å².